The first-order valence-corrected chi connectivity index (χ1v) is 6.93. The van der Waals surface area contributed by atoms with Crippen LogP contribution in [0.2, 0.25) is 5.02 Å². The van der Waals surface area contributed by atoms with Gasteiger partial charge < -0.3 is 10.2 Å². The highest BCUT2D eigenvalue weighted by molar-refractivity contribution is 6.30. The summed E-state index contributed by atoms with van der Waals surface area (Å²) in [4.78, 5) is 16.4. The van der Waals surface area contributed by atoms with Crippen LogP contribution in [0.3, 0.4) is 0 Å². The van der Waals surface area contributed by atoms with E-state index >= 15 is 0 Å². The molecule has 0 aliphatic carbocycles. The minimum Gasteiger partial charge on any atom is -0.386 e. The second-order valence-electron chi connectivity index (χ2n) is 4.47. The third-order valence-electron chi connectivity index (χ3n) is 2.72. The monoisotopic (exact) mass is 320 g/mol. The Bertz CT molecular complexity index is 659. The van der Waals surface area contributed by atoms with Crippen LogP contribution in [0.1, 0.15) is 11.1 Å². The number of carbonyl (C=O) groups is 1. The van der Waals surface area contributed by atoms with Gasteiger partial charge in [0.1, 0.15) is 5.82 Å². The summed E-state index contributed by atoms with van der Waals surface area (Å²) in [5.41, 5.74) is 1.49. The van der Waals surface area contributed by atoms with Crippen molar-refractivity contribution in [1.82, 2.24) is 5.32 Å². The van der Waals surface area contributed by atoms with Crippen molar-refractivity contribution in [3.8, 4) is 0 Å². The lowest BCUT2D eigenvalue weighted by atomic mass is 10.2. The molecule has 0 unspecified atom stereocenters. The predicted octanol–water partition coefficient (Wildman–Crippen LogP) is 3.15. The number of hydrogen-bond donors (Lipinski definition) is 1. The summed E-state index contributed by atoms with van der Waals surface area (Å²) in [7, 11) is 0. The van der Waals surface area contributed by atoms with E-state index < -0.39 is 0 Å². The highest BCUT2D eigenvalue weighted by Crippen LogP contribution is 2.09. The van der Waals surface area contributed by atoms with Crippen LogP contribution in [0.15, 0.2) is 53.7 Å². The van der Waals surface area contributed by atoms with E-state index in [4.69, 9.17) is 16.4 Å². The van der Waals surface area contributed by atoms with Crippen LogP contribution in [0.4, 0.5) is 4.39 Å². The van der Waals surface area contributed by atoms with Gasteiger partial charge in [0.25, 0.3) is 5.91 Å². The van der Waals surface area contributed by atoms with Crippen molar-refractivity contribution in [2.75, 3.05) is 6.61 Å². The largest absolute Gasteiger partial charge is 0.386 e. The minimum atomic E-state index is -0.357. The molecule has 114 valence electrons. The van der Waals surface area contributed by atoms with Crippen molar-refractivity contribution in [1.29, 1.82) is 0 Å². The molecule has 0 aliphatic rings. The number of halogens is 2. The van der Waals surface area contributed by atoms with Gasteiger partial charge in [0.05, 0.1) is 6.21 Å². The van der Waals surface area contributed by atoms with Gasteiger partial charge in [0.2, 0.25) is 0 Å². The number of rotatable bonds is 6. The van der Waals surface area contributed by atoms with E-state index in [1.54, 1.807) is 24.3 Å². The van der Waals surface area contributed by atoms with E-state index in [1.165, 1.54) is 18.3 Å². The molecule has 6 heteroatoms. The van der Waals surface area contributed by atoms with Gasteiger partial charge in [0.15, 0.2) is 6.61 Å². The molecule has 0 saturated carbocycles. The first kappa shape index (κ1) is 16.0. The smallest absolute Gasteiger partial charge is 0.261 e. The van der Waals surface area contributed by atoms with E-state index in [0.717, 1.165) is 5.56 Å². The van der Waals surface area contributed by atoms with Crippen molar-refractivity contribution >= 4 is 23.7 Å². The van der Waals surface area contributed by atoms with Gasteiger partial charge in [-0.2, -0.15) is 0 Å². The van der Waals surface area contributed by atoms with E-state index in [9.17, 15) is 9.18 Å². The molecule has 0 saturated heterocycles. The Kier molecular flexibility index (Phi) is 5.91. The highest BCUT2D eigenvalue weighted by atomic mass is 35.5. The average Bonchev–Trinajstić information content (AvgIpc) is 2.51. The molecule has 2 aromatic carbocycles. The van der Waals surface area contributed by atoms with Gasteiger partial charge in [-0.1, -0.05) is 41.0 Å². The highest BCUT2D eigenvalue weighted by Gasteiger charge is 2.01. The molecule has 1 N–H and O–H groups in total. The van der Waals surface area contributed by atoms with E-state index in [-0.39, 0.29) is 18.3 Å². The number of nitrogens with one attached hydrogen (secondary N) is 1. The maximum Gasteiger partial charge on any atom is 0.261 e. The van der Waals surface area contributed by atoms with Crippen LogP contribution in [0.5, 0.6) is 0 Å². The van der Waals surface area contributed by atoms with Gasteiger partial charge in [-0.15, -0.1) is 0 Å². The number of hydrogen-bond acceptors (Lipinski definition) is 3. The van der Waals surface area contributed by atoms with Crippen molar-refractivity contribution < 1.29 is 14.0 Å². The molecule has 0 bridgehead atoms. The molecule has 0 aliphatic heterocycles. The molecular formula is C16H14ClFN2O2. The fourth-order valence-electron chi connectivity index (χ4n) is 1.63. The molecule has 4 nitrogen and oxygen atoms in total. The number of oxime groups is 1. The van der Waals surface area contributed by atoms with E-state index in [2.05, 4.69) is 10.5 Å². The maximum atomic E-state index is 12.9. The van der Waals surface area contributed by atoms with Gasteiger partial charge in [-0.05, 0) is 35.4 Å². The number of benzene rings is 2. The molecule has 0 atom stereocenters. The quantitative estimate of drug-likeness (QED) is 0.656. The zero-order valence-corrected chi connectivity index (χ0v) is 12.4. The lowest BCUT2D eigenvalue weighted by Gasteiger charge is -2.04. The van der Waals surface area contributed by atoms with Gasteiger partial charge in [-0.25, -0.2) is 4.39 Å². The molecule has 0 spiro atoms. The molecule has 2 aromatic rings. The molecule has 0 fully saturated rings. The zero-order valence-electron chi connectivity index (χ0n) is 11.6. The Hall–Kier alpha value is -2.40. The molecule has 0 radical (unpaired) electrons. The normalized spacial score (nSPS) is 10.6. The van der Waals surface area contributed by atoms with Crippen molar-refractivity contribution in [3.63, 3.8) is 0 Å². The SMILES string of the molecule is O=C(CO/N=C\c1cccc(F)c1)NCc1ccc(Cl)cc1. The first-order valence-electron chi connectivity index (χ1n) is 6.55. The third-order valence-corrected chi connectivity index (χ3v) is 2.98. The topological polar surface area (TPSA) is 50.7 Å². The van der Waals surface area contributed by atoms with Crippen LogP contribution >= 0.6 is 11.6 Å². The summed E-state index contributed by atoms with van der Waals surface area (Å²) in [6.45, 7) is 0.173. The Morgan fingerprint density at radius 1 is 1.27 bits per heavy atom. The van der Waals surface area contributed by atoms with Gasteiger partial charge >= 0.3 is 0 Å². The van der Waals surface area contributed by atoms with Crippen LogP contribution in [-0.2, 0) is 16.2 Å². The average molecular weight is 321 g/mol. The van der Waals surface area contributed by atoms with Gasteiger partial charge in [-0.3, -0.25) is 4.79 Å². The minimum absolute atomic E-state index is 0.209. The number of nitrogens with zero attached hydrogens (tertiary/aromatic N) is 1. The third kappa shape index (κ3) is 5.54. The van der Waals surface area contributed by atoms with Crippen LogP contribution < -0.4 is 5.32 Å². The first-order chi connectivity index (χ1) is 10.6. The maximum absolute atomic E-state index is 12.9. The van der Waals surface area contributed by atoms with Crippen LogP contribution in [-0.4, -0.2) is 18.7 Å². The van der Waals surface area contributed by atoms with Crippen molar-refractivity contribution in [3.05, 3.63) is 70.5 Å². The fraction of sp³-hybridized carbons (Fsp3) is 0.125. The Balaban J connectivity index is 1.70. The molecule has 0 heterocycles. The Morgan fingerprint density at radius 2 is 2.05 bits per heavy atom. The summed E-state index contributed by atoms with van der Waals surface area (Å²) in [6.07, 6.45) is 1.34. The summed E-state index contributed by atoms with van der Waals surface area (Å²) < 4.78 is 12.9. The predicted molar refractivity (Wildman–Crippen MR) is 83.2 cm³/mol. The molecule has 0 aromatic heterocycles. The second kappa shape index (κ2) is 8.14. The molecule has 1 amide bonds. The number of amides is 1. The molecular weight excluding hydrogens is 307 g/mol. The summed E-state index contributed by atoms with van der Waals surface area (Å²) in [5.74, 6) is -0.656. The Labute approximate surface area is 132 Å². The van der Waals surface area contributed by atoms with E-state index in [1.807, 2.05) is 12.1 Å². The molecule has 2 rings (SSSR count). The van der Waals surface area contributed by atoms with Crippen molar-refractivity contribution in [2.24, 2.45) is 5.16 Å². The van der Waals surface area contributed by atoms with E-state index in [0.29, 0.717) is 17.1 Å². The zero-order chi connectivity index (χ0) is 15.8. The Morgan fingerprint density at radius 3 is 2.77 bits per heavy atom. The molecule has 22 heavy (non-hydrogen) atoms. The summed E-state index contributed by atoms with van der Waals surface area (Å²) >= 11 is 5.77. The fourth-order valence-corrected chi connectivity index (χ4v) is 1.76. The van der Waals surface area contributed by atoms with Gasteiger partial charge in [0, 0.05) is 11.6 Å². The van der Waals surface area contributed by atoms with Crippen LogP contribution in [0.25, 0.3) is 0 Å². The standard InChI is InChI=1S/C16H14ClFN2O2/c17-14-6-4-12(5-7-14)9-19-16(21)11-22-20-10-13-2-1-3-15(18)8-13/h1-8,10H,9,11H2,(H,19,21)/b20-10-. The lowest BCUT2D eigenvalue weighted by molar-refractivity contribution is -0.125. The summed E-state index contributed by atoms with van der Waals surface area (Å²) in [6, 6.07) is 13.0. The lowest BCUT2D eigenvalue weighted by Crippen LogP contribution is -2.26. The summed E-state index contributed by atoms with van der Waals surface area (Å²) in [5, 5.41) is 6.95. The number of carbonyl (C=O) groups excluding carboxylic acids is 1. The van der Waals surface area contributed by atoms with Crippen molar-refractivity contribution in [2.45, 2.75) is 6.54 Å². The van der Waals surface area contributed by atoms with Crippen LogP contribution in [0, 0.1) is 5.82 Å². The second-order valence-corrected chi connectivity index (χ2v) is 4.90.